The van der Waals surface area contributed by atoms with Crippen LogP contribution in [-0.4, -0.2) is 6.29 Å². The van der Waals surface area contributed by atoms with Crippen molar-refractivity contribution in [3.8, 4) is 0 Å². The van der Waals surface area contributed by atoms with Crippen LogP contribution in [0.3, 0.4) is 0 Å². The van der Waals surface area contributed by atoms with E-state index in [0.717, 1.165) is 25.0 Å². The first-order valence-corrected chi connectivity index (χ1v) is 7.89. The molecule has 1 nitrogen and oxygen atoms in total. The maximum Gasteiger partial charge on any atom is 0.119 e. The highest BCUT2D eigenvalue weighted by molar-refractivity contribution is 5.48. The van der Waals surface area contributed by atoms with Crippen LogP contribution in [0.15, 0.2) is 12.2 Å². The highest BCUT2D eigenvalue weighted by atomic mass is 16.1. The predicted octanol–water partition coefficient (Wildman–Crippen LogP) is 5.69. The van der Waals surface area contributed by atoms with Crippen molar-refractivity contribution in [3.63, 3.8) is 0 Å². The van der Waals surface area contributed by atoms with Gasteiger partial charge >= 0.3 is 0 Å². The Morgan fingerprint density at radius 3 is 1.94 bits per heavy atom. The summed E-state index contributed by atoms with van der Waals surface area (Å²) in [5.74, 6) is 0.903. The first-order chi connectivity index (χ1) is 8.81. The van der Waals surface area contributed by atoms with Crippen molar-refractivity contribution in [3.05, 3.63) is 12.2 Å². The van der Waals surface area contributed by atoms with E-state index < -0.39 is 0 Å². The summed E-state index contributed by atoms with van der Waals surface area (Å²) in [6, 6.07) is 0. The van der Waals surface area contributed by atoms with Crippen LogP contribution in [-0.2, 0) is 4.79 Å². The summed E-state index contributed by atoms with van der Waals surface area (Å²) in [5, 5.41) is 0. The molecular formula is C17H32O. The monoisotopic (exact) mass is 252 g/mol. The molecule has 0 aromatic carbocycles. The molecule has 0 aliphatic carbocycles. The van der Waals surface area contributed by atoms with Gasteiger partial charge in [0, 0.05) is 6.42 Å². The largest absolute Gasteiger partial charge is 0.303 e. The van der Waals surface area contributed by atoms with E-state index in [1.54, 1.807) is 0 Å². The summed E-state index contributed by atoms with van der Waals surface area (Å²) < 4.78 is 0. The molecule has 0 saturated carbocycles. The molecule has 1 atom stereocenters. The molecule has 0 spiro atoms. The second kappa shape index (κ2) is 14.5. The summed E-state index contributed by atoms with van der Waals surface area (Å²) in [6.07, 6.45) is 19.2. The van der Waals surface area contributed by atoms with Gasteiger partial charge in [0.1, 0.15) is 6.29 Å². The summed E-state index contributed by atoms with van der Waals surface area (Å²) in [4.78, 5) is 10.1. The molecule has 0 rings (SSSR count). The van der Waals surface area contributed by atoms with Gasteiger partial charge in [-0.2, -0.15) is 0 Å². The van der Waals surface area contributed by atoms with Gasteiger partial charge in [0.2, 0.25) is 0 Å². The van der Waals surface area contributed by atoms with Crippen LogP contribution in [0.1, 0.15) is 84.5 Å². The van der Waals surface area contributed by atoms with Crippen molar-refractivity contribution in [1.29, 1.82) is 0 Å². The van der Waals surface area contributed by atoms with E-state index in [9.17, 15) is 4.79 Å². The molecule has 1 heteroatoms. The fourth-order valence-electron chi connectivity index (χ4n) is 2.04. The third kappa shape index (κ3) is 13.5. The van der Waals surface area contributed by atoms with Gasteiger partial charge in [0.25, 0.3) is 0 Å². The number of allylic oxidation sites excluding steroid dienone is 2. The Bertz CT molecular complexity index is 196. The van der Waals surface area contributed by atoms with E-state index in [1.807, 2.05) is 0 Å². The lowest BCUT2D eigenvalue weighted by atomic mass is 10.0. The summed E-state index contributed by atoms with van der Waals surface area (Å²) in [7, 11) is 0. The minimum atomic E-state index is 0.742. The van der Waals surface area contributed by atoms with Crippen LogP contribution >= 0.6 is 0 Å². The maximum absolute atomic E-state index is 10.1. The minimum Gasteiger partial charge on any atom is -0.303 e. The quantitative estimate of drug-likeness (QED) is 0.234. The van der Waals surface area contributed by atoms with Gasteiger partial charge in [0.15, 0.2) is 0 Å². The van der Waals surface area contributed by atoms with Gasteiger partial charge in [0.05, 0.1) is 0 Å². The Balaban J connectivity index is 3.11. The van der Waals surface area contributed by atoms with Crippen molar-refractivity contribution in [2.24, 2.45) is 5.92 Å². The highest BCUT2D eigenvalue weighted by Gasteiger charge is 1.96. The average Bonchev–Trinajstić information content (AvgIpc) is 2.39. The second-order valence-electron chi connectivity index (χ2n) is 5.43. The molecule has 0 aromatic heterocycles. The molecule has 0 fully saturated rings. The minimum absolute atomic E-state index is 0.742. The van der Waals surface area contributed by atoms with Crippen molar-refractivity contribution in [2.45, 2.75) is 84.5 Å². The van der Waals surface area contributed by atoms with Crippen LogP contribution in [0.4, 0.5) is 0 Å². The van der Waals surface area contributed by atoms with Gasteiger partial charge in [-0.25, -0.2) is 0 Å². The maximum atomic E-state index is 10.1. The Morgan fingerprint density at radius 1 is 0.833 bits per heavy atom. The molecule has 0 bridgehead atoms. The molecular weight excluding hydrogens is 220 g/mol. The highest BCUT2D eigenvalue weighted by Crippen LogP contribution is 2.12. The van der Waals surface area contributed by atoms with Gasteiger partial charge < -0.3 is 4.79 Å². The first kappa shape index (κ1) is 17.4. The van der Waals surface area contributed by atoms with E-state index in [4.69, 9.17) is 0 Å². The van der Waals surface area contributed by atoms with E-state index in [0.29, 0.717) is 0 Å². The van der Waals surface area contributed by atoms with Crippen LogP contribution < -0.4 is 0 Å². The summed E-state index contributed by atoms with van der Waals surface area (Å²) in [5.41, 5.74) is 0. The Kier molecular flexibility index (Phi) is 14.0. The number of aldehydes is 1. The number of carbonyl (C=O) groups excluding carboxylic acids is 1. The van der Waals surface area contributed by atoms with E-state index in [1.165, 1.54) is 57.8 Å². The van der Waals surface area contributed by atoms with Gasteiger partial charge in [-0.05, 0) is 38.0 Å². The summed E-state index contributed by atoms with van der Waals surface area (Å²) >= 11 is 0. The van der Waals surface area contributed by atoms with Crippen LogP contribution in [0, 0.1) is 5.92 Å². The molecule has 0 aromatic rings. The molecule has 0 radical (unpaired) electrons. The topological polar surface area (TPSA) is 17.1 Å². The zero-order valence-electron chi connectivity index (χ0n) is 12.5. The second-order valence-corrected chi connectivity index (χ2v) is 5.43. The lowest BCUT2D eigenvalue weighted by molar-refractivity contribution is -0.107. The molecule has 0 saturated heterocycles. The van der Waals surface area contributed by atoms with Crippen molar-refractivity contribution >= 4 is 6.29 Å². The van der Waals surface area contributed by atoms with Gasteiger partial charge in [-0.1, -0.05) is 58.1 Å². The molecule has 0 amide bonds. The van der Waals surface area contributed by atoms with Crippen LogP contribution in [0.2, 0.25) is 0 Å². The Morgan fingerprint density at radius 2 is 1.39 bits per heavy atom. The number of rotatable bonds is 13. The predicted molar refractivity (Wildman–Crippen MR) is 80.8 cm³/mol. The molecule has 0 aliphatic rings. The third-order valence-electron chi connectivity index (χ3n) is 3.62. The Hall–Kier alpha value is -0.590. The smallest absolute Gasteiger partial charge is 0.119 e. The number of hydrogen-bond acceptors (Lipinski definition) is 1. The SMILES string of the molecule is CCC(C)CCCCC=CCCCCCCC=O. The molecule has 18 heavy (non-hydrogen) atoms. The van der Waals surface area contributed by atoms with Gasteiger partial charge in [-0.15, -0.1) is 0 Å². The van der Waals surface area contributed by atoms with E-state index in [2.05, 4.69) is 26.0 Å². The molecule has 1 unspecified atom stereocenters. The van der Waals surface area contributed by atoms with Crippen molar-refractivity contribution in [1.82, 2.24) is 0 Å². The lowest BCUT2D eigenvalue weighted by Gasteiger charge is -2.06. The normalized spacial score (nSPS) is 13.0. The molecule has 0 N–H and O–H groups in total. The summed E-state index contributed by atoms with van der Waals surface area (Å²) in [6.45, 7) is 4.63. The molecule has 0 heterocycles. The number of hydrogen-bond donors (Lipinski definition) is 0. The van der Waals surface area contributed by atoms with E-state index >= 15 is 0 Å². The molecule has 0 aliphatic heterocycles. The Labute approximate surface area is 114 Å². The zero-order valence-corrected chi connectivity index (χ0v) is 12.5. The number of unbranched alkanes of at least 4 members (excludes halogenated alkanes) is 7. The van der Waals surface area contributed by atoms with E-state index in [-0.39, 0.29) is 0 Å². The fourth-order valence-corrected chi connectivity index (χ4v) is 2.04. The first-order valence-electron chi connectivity index (χ1n) is 7.89. The standard InChI is InChI=1S/C17H32O/c1-3-17(2)15-13-11-9-7-5-4-6-8-10-12-14-16-18/h5,7,16-17H,3-4,6,8-15H2,1-2H3. The average molecular weight is 252 g/mol. The lowest BCUT2D eigenvalue weighted by Crippen LogP contribution is -1.90. The molecule has 106 valence electrons. The van der Waals surface area contributed by atoms with Crippen LogP contribution in [0.25, 0.3) is 0 Å². The van der Waals surface area contributed by atoms with Crippen molar-refractivity contribution < 1.29 is 4.79 Å². The fraction of sp³-hybridized carbons (Fsp3) is 0.824. The van der Waals surface area contributed by atoms with Crippen LogP contribution in [0.5, 0.6) is 0 Å². The third-order valence-corrected chi connectivity index (χ3v) is 3.62. The number of carbonyl (C=O) groups is 1. The van der Waals surface area contributed by atoms with Gasteiger partial charge in [-0.3, -0.25) is 0 Å². The zero-order chi connectivity index (χ0) is 13.5. The van der Waals surface area contributed by atoms with Crippen molar-refractivity contribution in [2.75, 3.05) is 0 Å².